The van der Waals surface area contributed by atoms with Crippen molar-refractivity contribution in [3.63, 3.8) is 0 Å². The lowest BCUT2D eigenvalue weighted by atomic mass is 9.67. The predicted molar refractivity (Wildman–Crippen MR) is 96.3 cm³/mol. The molecule has 118 valence electrons. The van der Waals surface area contributed by atoms with Gasteiger partial charge in [0.25, 0.3) is 0 Å². The Morgan fingerprint density at radius 3 is 1.68 bits per heavy atom. The molecule has 2 aromatic rings. The van der Waals surface area contributed by atoms with Crippen LogP contribution in [0.5, 0.6) is 0 Å². The third kappa shape index (κ3) is 3.59. The molecule has 0 aliphatic rings. The fraction of sp³-hybridized carbons (Fsp3) is 0.429. The van der Waals surface area contributed by atoms with Crippen LogP contribution in [-0.2, 0) is 5.41 Å². The van der Waals surface area contributed by atoms with E-state index >= 15 is 0 Å². The molecule has 1 nitrogen and oxygen atoms in total. The maximum absolute atomic E-state index is 2.33. The highest BCUT2D eigenvalue weighted by Gasteiger charge is 2.35. The van der Waals surface area contributed by atoms with E-state index < -0.39 is 0 Å². The fourth-order valence-corrected chi connectivity index (χ4v) is 3.42. The van der Waals surface area contributed by atoms with Gasteiger partial charge < -0.3 is 4.90 Å². The van der Waals surface area contributed by atoms with Crippen molar-refractivity contribution < 1.29 is 0 Å². The van der Waals surface area contributed by atoms with Crippen LogP contribution in [0.25, 0.3) is 0 Å². The van der Waals surface area contributed by atoms with Crippen molar-refractivity contribution in [1.82, 2.24) is 4.90 Å². The molecule has 0 fully saturated rings. The molecule has 0 heterocycles. The SMILES string of the molecule is CCCC(C[C@H](C)N(C)C)(c1ccccc1)c1ccccc1. The first-order chi connectivity index (χ1) is 10.6. The molecule has 2 rings (SSSR count). The standard InChI is InChI=1S/C21H29N/c1-5-16-21(17-18(2)22(3)4,19-12-8-6-9-13-19)20-14-10-7-11-15-20/h6-15,18H,5,16-17H2,1-4H3/t18-/m0/s1. The molecule has 0 unspecified atom stereocenters. The minimum absolute atomic E-state index is 0.0982. The van der Waals surface area contributed by atoms with Crippen molar-refractivity contribution in [3.05, 3.63) is 71.8 Å². The molecule has 0 amide bonds. The number of hydrogen-bond donors (Lipinski definition) is 0. The van der Waals surface area contributed by atoms with Crippen molar-refractivity contribution in [1.29, 1.82) is 0 Å². The summed E-state index contributed by atoms with van der Waals surface area (Å²) in [7, 11) is 4.36. The summed E-state index contributed by atoms with van der Waals surface area (Å²) < 4.78 is 0. The lowest BCUT2D eigenvalue weighted by Gasteiger charge is -2.39. The smallest absolute Gasteiger partial charge is 0.0217 e. The van der Waals surface area contributed by atoms with Gasteiger partial charge in [0, 0.05) is 11.5 Å². The maximum atomic E-state index is 2.33. The monoisotopic (exact) mass is 295 g/mol. The Balaban J connectivity index is 2.54. The molecular weight excluding hydrogens is 266 g/mol. The van der Waals surface area contributed by atoms with E-state index in [0.29, 0.717) is 6.04 Å². The molecule has 0 N–H and O–H groups in total. The first-order valence-electron chi connectivity index (χ1n) is 8.37. The largest absolute Gasteiger partial charge is 0.307 e. The summed E-state index contributed by atoms with van der Waals surface area (Å²) in [6.07, 6.45) is 3.50. The van der Waals surface area contributed by atoms with Crippen LogP contribution >= 0.6 is 0 Å². The van der Waals surface area contributed by atoms with E-state index in [9.17, 15) is 0 Å². The Kier molecular flexibility index (Phi) is 5.79. The van der Waals surface area contributed by atoms with Crippen LogP contribution in [0.15, 0.2) is 60.7 Å². The van der Waals surface area contributed by atoms with Crippen molar-refractivity contribution in [3.8, 4) is 0 Å². The van der Waals surface area contributed by atoms with Crippen LogP contribution in [0, 0.1) is 0 Å². The quantitative estimate of drug-likeness (QED) is 0.686. The number of rotatable bonds is 7. The summed E-state index contributed by atoms with van der Waals surface area (Å²) in [4.78, 5) is 2.33. The highest BCUT2D eigenvalue weighted by Crippen LogP contribution is 2.41. The van der Waals surface area contributed by atoms with Crippen LogP contribution in [0.4, 0.5) is 0 Å². The van der Waals surface area contributed by atoms with Gasteiger partial charge in [-0.1, -0.05) is 74.0 Å². The molecule has 0 aliphatic heterocycles. The molecule has 0 bridgehead atoms. The van der Waals surface area contributed by atoms with Gasteiger partial charge in [-0.05, 0) is 45.0 Å². The van der Waals surface area contributed by atoms with Crippen molar-refractivity contribution in [2.45, 2.75) is 44.6 Å². The zero-order valence-corrected chi connectivity index (χ0v) is 14.4. The first kappa shape index (κ1) is 16.8. The Bertz CT molecular complexity index is 505. The minimum Gasteiger partial charge on any atom is -0.307 e. The van der Waals surface area contributed by atoms with Gasteiger partial charge in [0.2, 0.25) is 0 Å². The van der Waals surface area contributed by atoms with Gasteiger partial charge in [0.05, 0.1) is 0 Å². The van der Waals surface area contributed by atoms with Crippen LogP contribution in [0.1, 0.15) is 44.2 Å². The maximum Gasteiger partial charge on any atom is 0.0217 e. The summed E-state index contributed by atoms with van der Waals surface area (Å²) in [6.45, 7) is 4.62. The third-order valence-electron chi connectivity index (χ3n) is 4.85. The number of benzene rings is 2. The van der Waals surface area contributed by atoms with Gasteiger partial charge in [-0.2, -0.15) is 0 Å². The van der Waals surface area contributed by atoms with Crippen LogP contribution in [0.2, 0.25) is 0 Å². The second-order valence-electron chi connectivity index (χ2n) is 6.58. The summed E-state index contributed by atoms with van der Waals surface area (Å²) in [5.74, 6) is 0. The van der Waals surface area contributed by atoms with Gasteiger partial charge in [-0.15, -0.1) is 0 Å². The van der Waals surface area contributed by atoms with Crippen molar-refractivity contribution in [2.24, 2.45) is 0 Å². The Hall–Kier alpha value is -1.60. The molecule has 0 saturated heterocycles. The molecule has 0 aromatic heterocycles. The van der Waals surface area contributed by atoms with E-state index in [0.717, 1.165) is 6.42 Å². The predicted octanol–water partition coefficient (Wildman–Crippen LogP) is 5.11. The zero-order chi connectivity index (χ0) is 16.0. The fourth-order valence-electron chi connectivity index (χ4n) is 3.42. The van der Waals surface area contributed by atoms with Gasteiger partial charge in [-0.25, -0.2) is 0 Å². The second-order valence-corrected chi connectivity index (χ2v) is 6.58. The van der Waals surface area contributed by atoms with Crippen LogP contribution in [-0.4, -0.2) is 25.0 Å². The lowest BCUT2D eigenvalue weighted by Crippen LogP contribution is -2.37. The molecule has 1 atom stereocenters. The average Bonchev–Trinajstić information content (AvgIpc) is 2.55. The number of nitrogens with zero attached hydrogens (tertiary/aromatic N) is 1. The van der Waals surface area contributed by atoms with Crippen molar-refractivity contribution >= 4 is 0 Å². The molecule has 0 aliphatic carbocycles. The number of hydrogen-bond acceptors (Lipinski definition) is 1. The van der Waals surface area contributed by atoms with E-state index in [1.54, 1.807) is 0 Å². The summed E-state index contributed by atoms with van der Waals surface area (Å²) in [5, 5.41) is 0. The van der Waals surface area contributed by atoms with Crippen LogP contribution < -0.4 is 0 Å². The molecule has 0 spiro atoms. The summed E-state index contributed by atoms with van der Waals surface area (Å²) in [6, 6.07) is 22.6. The zero-order valence-electron chi connectivity index (χ0n) is 14.4. The minimum atomic E-state index is 0.0982. The Labute approximate surface area is 136 Å². The van der Waals surface area contributed by atoms with Gasteiger partial charge in [-0.3, -0.25) is 0 Å². The van der Waals surface area contributed by atoms with E-state index in [1.807, 2.05) is 0 Å². The summed E-state index contributed by atoms with van der Waals surface area (Å²) in [5.41, 5.74) is 2.98. The lowest BCUT2D eigenvalue weighted by molar-refractivity contribution is 0.248. The third-order valence-corrected chi connectivity index (χ3v) is 4.85. The average molecular weight is 295 g/mol. The van der Waals surface area contributed by atoms with E-state index in [4.69, 9.17) is 0 Å². The Morgan fingerprint density at radius 2 is 1.32 bits per heavy atom. The second kappa shape index (κ2) is 7.60. The van der Waals surface area contributed by atoms with Crippen LogP contribution in [0.3, 0.4) is 0 Å². The highest BCUT2D eigenvalue weighted by atomic mass is 15.1. The highest BCUT2D eigenvalue weighted by molar-refractivity contribution is 5.39. The Morgan fingerprint density at radius 1 is 0.864 bits per heavy atom. The van der Waals surface area contributed by atoms with Gasteiger partial charge in [0.1, 0.15) is 0 Å². The molecule has 2 aromatic carbocycles. The summed E-state index contributed by atoms with van der Waals surface area (Å²) >= 11 is 0. The van der Waals surface area contributed by atoms with E-state index in [1.165, 1.54) is 24.0 Å². The molecule has 1 heteroatoms. The van der Waals surface area contributed by atoms with E-state index in [2.05, 4.69) is 93.5 Å². The molecule has 0 radical (unpaired) electrons. The van der Waals surface area contributed by atoms with Crippen molar-refractivity contribution in [2.75, 3.05) is 14.1 Å². The topological polar surface area (TPSA) is 3.24 Å². The van der Waals surface area contributed by atoms with Gasteiger partial charge in [0.15, 0.2) is 0 Å². The normalized spacial score (nSPS) is 13.3. The molecular formula is C21H29N. The molecule has 0 saturated carbocycles. The van der Waals surface area contributed by atoms with E-state index in [-0.39, 0.29) is 5.41 Å². The first-order valence-corrected chi connectivity index (χ1v) is 8.37. The van der Waals surface area contributed by atoms with Gasteiger partial charge >= 0.3 is 0 Å². The molecule has 22 heavy (non-hydrogen) atoms.